The summed E-state index contributed by atoms with van der Waals surface area (Å²) in [7, 11) is -0.912. The van der Waals surface area contributed by atoms with Crippen LogP contribution in [-0.4, -0.2) is 42.0 Å². The highest BCUT2D eigenvalue weighted by molar-refractivity contribution is 6.56. The fraction of sp³-hybridized carbons (Fsp3) is 0.333. The van der Waals surface area contributed by atoms with Gasteiger partial charge in [-0.15, -0.1) is 0 Å². The van der Waals surface area contributed by atoms with Crippen LogP contribution in [0.2, 0.25) is 0 Å². The van der Waals surface area contributed by atoms with Crippen LogP contribution in [0.5, 0.6) is 0 Å². The van der Waals surface area contributed by atoms with E-state index in [4.69, 9.17) is 19.8 Å². The number of hydrogen-bond donors (Lipinski definition) is 3. The van der Waals surface area contributed by atoms with E-state index in [1.54, 1.807) is 0 Å². The molecule has 1 amide bonds. The summed E-state index contributed by atoms with van der Waals surface area (Å²) in [6.07, 6.45) is 0.705. The van der Waals surface area contributed by atoms with Gasteiger partial charge >= 0.3 is 19.2 Å². The number of anilines is 1. The lowest BCUT2D eigenvalue weighted by molar-refractivity contribution is 0.00578. The smallest absolute Gasteiger partial charge is 0.478 e. The molecule has 0 aromatic heterocycles. The van der Waals surface area contributed by atoms with Crippen molar-refractivity contribution >= 4 is 30.9 Å². The topological polar surface area (TPSA) is 120 Å². The molecular formula is C24H28BFN2O6. The first-order valence-corrected chi connectivity index (χ1v) is 10.7. The Hall–Kier alpha value is -3.37. The minimum absolute atomic E-state index is 0.0317. The molecule has 0 saturated carbocycles. The number of carboxylic acid groups (broad SMARTS) is 1. The maximum atomic E-state index is 14.6. The number of rotatable bonds is 7. The van der Waals surface area contributed by atoms with Crippen molar-refractivity contribution in [1.82, 2.24) is 5.32 Å². The average Bonchev–Trinajstić information content (AvgIpc) is 2.98. The maximum Gasteiger partial charge on any atom is 0.492 e. The summed E-state index contributed by atoms with van der Waals surface area (Å²) in [6.45, 7) is 7.43. The Balaban J connectivity index is 1.84. The van der Waals surface area contributed by atoms with Gasteiger partial charge in [0.25, 0.3) is 0 Å². The van der Waals surface area contributed by atoms with Crippen molar-refractivity contribution in [1.29, 1.82) is 0 Å². The zero-order valence-electron chi connectivity index (χ0n) is 19.6. The number of carbonyl (C=O) groups excluding carboxylic acids is 1. The van der Waals surface area contributed by atoms with Crippen LogP contribution in [0.25, 0.3) is 6.08 Å². The van der Waals surface area contributed by atoms with Crippen LogP contribution in [0.15, 0.2) is 47.9 Å². The molecule has 1 aliphatic rings. The van der Waals surface area contributed by atoms with Gasteiger partial charge in [-0.05, 0) is 50.9 Å². The lowest BCUT2D eigenvalue weighted by Crippen LogP contribution is -2.41. The number of amides is 1. The van der Waals surface area contributed by atoms with Gasteiger partial charge in [0, 0.05) is 17.8 Å². The number of halogens is 1. The molecule has 1 heterocycles. The summed E-state index contributed by atoms with van der Waals surface area (Å²) in [5.41, 5.74) is 4.99. The van der Waals surface area contributed by atoms with Crippen LogP contribution >= 0.6 is 0 Å². The lowest BCUT2D eigenvalue weighted by Gasteiger charge is -2.32. The molecule has 3 rings (SSSR count). The van der Waals surface area contributed by atoms with E-state index in [1.807, 2.05) is 58.0 Å². The molecule has 0 bridgehead atoms. The van der Waals surface area contributed by atoms with E-state index in [1.165, 1.54) is 6.08 Å². The predicted molar refractivity (Wildman–Crippen MR) is 126 cm³/mol. The zero-order chi connectivity index (χ0) is 25.1. The van der Waals surface area contributed by atoms with Crippen molar-refractivity contribution in [3.8, 4) is 0 Å². The SMILES string of the molecule is CC1(C)OB(C(=Cc2cc(C(=O)O)c(N)cc2F)CNC(=O)OCc2ccccc2)OC1(C)C. The fourth-order valence-electron chi connectivity index (χ4n) is 3.25. The Morgan fingerprint density at radius 2 is 1.76 bits per heavy atom. The molecular weight excluding hydrogens is 442 g/mol. The van der Waals surface area contributed by atoms with Crippen molar-refractivity contribution in [2.24, 2.45) is 0 Å². The minimum atomic E-state index is -1.29. The number of nitrogen functional groups attached to an aromatic ring is 1. The summed E-state index contributed by atoms with van der Waals surface area (Å²) in [5, 5.41) is 12.0. The number of aromatic carboxylic acids is 1. The van der Waals surface area contributed by atoms with Gasteiger partial charge < -0.3 is 30.2 Å². The second kappa shape index (κ2) is 9.86. The van der Waals surface area contributed by atoms with Gasteiger partial charge in [-0.2, -0.15) is 0 Å². The van der Waals surface area contributed by atoms with Gasteiger partial charge in [-0.1, -0.05) is 36.4 Å². The molecule has 1 saturated heterocycles. The first kappa shape index (κ1) is 25.3. The van der Waals surface area contributed by atoms with Crippen molar-refractivity contribution < 1.29 is 33.1 Å². The molecule has 4 N–H and O–H groups in total. The molecule has 0 spiro atoms. The normalized spacial score (nSPS) is 16.9. The number of carboxylic acids is 1. The van der Waals surface area contributed by atoms with Crippen LogP contribution < -0.4 is 11.1 Å². The monoisotopic (exact) mass is 470 g/mol. The number of nitrogens with one attached hydrogen (secondary N) is 1. The van der Waals surface area contributed by atoms with Gasteiger partial charge in [0.2, 0.25) is 0 Å². The number of ether oxygens (including phenoxy) is 1. The number of nitrogens with two attached hydrogens (primary N) is 1. The van der Waals surface area contributed by atoms with E-state index in [0.717, 1.165) is 17.7 Å². The van der Waals surface area contributed by atoms with Crippen LogP contribution in [0, 0.1) is 5.82 Å². The molecule has 0 unspecified atom stereocenters. The van der Waals surface area contributed by atoms with Gasteiger partial charge in [-0.25, -0.2) is 14.0 Å². The largest absolute Gasteiger partial charge is 0.492 e. The fourth-order valence-corrected chi connectivity index (χ4v) is 3.25. The third kappa shape index (κ3) is 5.76. The highest BCUT2D eigenvalue weighted by Gasteiger charge is 2.52. The lowest BCUT2D eigenvalue weighted by atomic mass is 9.77. The van der Waals surface area contributed by atoms with Crippen LogP contribution in [0.4, 0.5) is 14.9 Å². The number of carbonyl (C=O) groups is 2. The molecule has 2 aromatic rings. The molecule has 1 fully saturated rings. The molecule has 10 heteroatoms. The van der Waals surface area contributed by atoms with E-state index in [0.29, 0.717) is 5.47 Å². The van der Waals surface area contributed by atoms with E-state index >= 15 is 0 Å². The van der Waals surface area contributed by atoms with Gasteiger partial charge in [0.1, 0.15) is 12.4 Å². The van der Waals surface area contributed by atoms with E-state index in [-0.39, 0.29) is 30.0 Å². The van der Waals surface area contributed by atoms with Crippen LogP contribution in [-0.2, 0) is 20.7 Å². The molecule has 180 valence electrons. The minimum Gasteiger partial charge on any atom is -0.478 e. The Kier molecular flexibility index (Phi) is 7.33. The molecule has 0 radical (unpaired) electrons. The van der Waals surface area contributed by atoms with Gasteiger partial charge in [-0.3, -0.25) is 0 Å². The van der Waals surface area contributed by atoms with Crippen molar-refractivity contribution in [3.63, 3.8) is 0 Å². The number of hydrogen-bond acceptors (Lipinski definition) is 6. The van der Waals surface area contributed by atoms with Crippen molar-refractivity contribution in [2.75, 3.05) is 12.3 Å². The highest BCUT2D eigenvalue weighted by atomic mass is 19.1. The predicted octanol–water partition coefficient (Wildman–Crippen LogP) is 4.05. The first-order chi connectivity index (χ1) is 15.9. The molecule has 8 nitrogen and oxygen atoms in total. The third-order valence-electron chi connectivity index (χ3n) is 5.95. The van der Waals surface area contributed by atoms with E-state index < -0.39 is 36.2 Å². The molecule has 2 aromatic carbocycles. The standard InChI is InChI=1S/C24H28BFN2O6/c1-23(2)24(3,4)34-25(33-23)17(10-16-11-18(21(29)30)20(27)12-19(16)26)13-28-22(31)32-14-15-8-6-5-7-9-15/h5-12H,13-14,27H2,1-4H3,(H,28,31)(H,29,30). The van der Waals surface area contributed by atoms with Gasteiger partial charge in [0.15, 0.2) is 0 Å². The average molecular weight is 470 g/mol. The summed E-state index contributed by atoms with van der Waals surface area (Å²) in [6, 6.07) is 11.3. The molecule has 0 aliphatic carbocycles. The van der Waals surface area contributed by atoms with Crippen molar-refractivity contribution in [2.45, 2.75) is 45.5 Å². The number of benzene rings is 2. The summed E-state index contributed by atoms with van der Waals surface area (Å²) >= 11 is 0. The van der Waals surface area contributed by atoms with Crippen LogP contribution in [0.1, 0.15) is 49.2 Å². The summed E-state index contributed by atoms with van der Waals surface area (Å²) < 4.78 is 32.0. The maximum absolute atomic E-state index is 14.6. The molecule has 34 heavy (non-hydrogen) atoms. The van der Waals surface area contributed by atoms with E-state index in [2.05, 4.69) is 5.32 Å². The third-order valence-corrected chi connectivity index (χ3v) is 5.95. The Bertz CT molecular complexity index is 1090. The second-order valence-corrected chi connectivity index (χ2v) is 8.99. The first-order valence-electron chi connectivity index (χ1n) is 10.7. The Morgan fingerprint density at radius 1 is 1.15 bits per heavy atom. The zero-order valence-corrected chi connectivity index (χ0v) is 19.6. The van der Waals surface area contributed by atoms with E-state index in [9.17, 15) is 19.1 Å². The Morgan fingerprint density at radius 3 is 2.35 bits per heavy atom. The summed E-state index contributed by atoms with van der Waals surface area (Å²) in [5.74, 6) is -2.00. The highest BCUT2D eigenvalue weighted by Crippen LogP contribution is 2.39. The van der Waals surface area contributed by atoms with Gasteiger partial charge in [0.05, 0.1) is 16.8 Å². The summed E-state index contributed by atoms with van der Waals surface area (Å²) in [4.78, 5) is 23.7. The molecule has 1 aliphatic heterocycles. The second-order valence-electron chi connectivity index (χ2n) is 8.99. The van der Waals surface area contributed by atoms with Crippen molar-refractivity contribution in [3.05, 3.63) is 70.4 Å². The van der Waals surface area contributed by atoms with Crippen LogP contribution in [0.3, 0.4) is 0 Å². The number of alkyl carbamates (subject to hydrolysis) is 1. The quantitative estimate of drug-likeness (QED) is 0.413. The molecule has 0 atom stereocenters. The Labute approximate surface area is 198 Å².